The number of carbonyl (C=O) groups is 1. The number of nitrogens with zero attached hydrogens (tertiary/aromatic N) is 1. The number of ether oxygens (including phenoxy) is 2. The molecule has 1 amide bonds. The molecule has 0 aliphatic carbocycles. The molecular formula is C19H20N2O3. The number of hydrazone groups is 1. The van der Waals surface area contributed by atoms with Gasteiger partial charge >= 0.3 is 0 Å². The molecule has 1 heterocycles. The topological polar surface area (TPSA) is 59.9 Å². The first-order valence-electron chi connectivity index (χ1n) is 7.94. The Bertz CT molecular complexity index is 754. The van der Waals surface area contributed by atoms with Crippen LogP contribution in [0.15, 0.2) is 53.6 Å². The zero-order valence-electron chi connectivity index (χ0n) is 13.8. The number of benzene rings is 2. The van der Waals surface area contributed by atoms with E-state index in [1.54, 1.807) is 0 Å². The van der Waals surface area contributed by atoms with Crippen LogP contribution < -0.4 is 14.9 Å². The molecule has 3 rings (SSSR count). The van der Waals surface area contributed by atoms with E-state index in [2.05, 4.69) is 24.4 Å². The number of amides is 1. The minimum absolute atomic E-state index is 0.164. The molecule has 0 saturated heterocycles. The Hall–Kier alpha value is -2.82. The summed E-state index contributed by atoms with van der Waals surface area (Å²) in [5, 5.41) is 4.32. The van der Waals surface area contributed by atoms with Gasteiger partial charge in [0.05, 0.1) is 12.1 Å². The number of rotatable bonds is 5. The van der Waals surface area contributed by atoms with Crippen LogP contribution in [0.5, 0.6) is 11.5 Å². The van der Waals surface area contributed by atoms with Gasteiger partial charge in [-0.2, -0.15) is 5.10 Å². The van der Waals surface area contributed by atoms with Crippen molar-refractivity contribution < 1.29 is 14.3 Å². The Kier molecular flexibility index (Phi) is 4.79. The summed E-state index contributed by atoms with van der Waals surface area (Å²) in [7, 11) is 0. The van der Waals surface area contributed by atoms with E-state index in [4.69, 9.17) is 9.47 Å². The van der Waals surface area contributed by atoms with Gasteiger partial charge < -0.3 is 9.47 Å². The Morgan fingerprint density at radius 2 is 1.88 bits per heavy atom. The fourth-order valence-electron chi connectivity index (χ4n) is 2.53. The number of hydrogen-bond donors (Lipinski definition) is 1. The Balaban J connectivity index is 1.67. The normalized spacial score (nSPS) is 13.2. The van der Waals surface area contributed by atoms with Gasteiger partial charge in [-0.05, 0) is 29.2 Å². The summed E-state index contributed by atoms with van der Waals surface area (Å²) in [6, 6.07) is 15.4. The second-order valence-electron chi connectivity index (χ2n) is 5.92. The lowest BCUT2D eigenvalue weighted by Crippen LogP contribution is -2.23. The van der Waals surface area contributed by atoms with E-state index in [0.29, 0.717) is 11.5 Å². The van der Waals surface area contributed by atoms with E-state index in [9.17, 15) is 4.79 Å². The monoisotopic (exact) mass is 324 g/mol. The standard InChI is InChI=1S/C19H20N2O3/c1-13(2)19(15-6-4-3-5-7-15)21-20-18(22)11-14-8-9-16-17(10-14)24-12-23-16/h3-10,13H,11-12H2,1-2H3,(H,20,22)/b21-19-. The van der Waals surface area contributed by atoms with Crippen molar-refractivity contribution >= 4 is 11.6 Å². The third-order valence-electron chi connectivity index (χ3n) is 3.72. The molecule has 124 valence electrons. The molecule has 0 saturated carbocycles. The summed E-state index contributed by atoms with van der Waals surface area (Å²) < 4.78 is 10.6. The molecule has 0 fully saturated rings. The first kappa shape index (κ1) is 16.1. The Labute approximate surface area is 141 Å². The second-order valence-corrected chi connectivity index (χ2v) is 5.92. The van der Waals surface area contributed by atoms with Gasteiger partial charge in [0.25, 0.3) is 0 Å². The molecule has 0 aromatic heterocycles. The Morgan fingerprint density at radius 3 is 2.62 bits per heavy atom. The molecule has 5 heteroatoms. The highest BCUT2D eigenvalue weighted by atomic mass is 16.7. The van der Waals surface area contributed by atoms with Crippen molar-refractivity contribution in [3.05, 3.63) is 59.7 Å². The molecule has 0 bridgehead atoms. The van der Waals surface area contributed by atoms with Crippen molar-refractivity contribution in [2.24, 2.45) is 11.0 Å². The average Bonchev–Trinajstić information content (AvgIpc) is 3.03. The number of hydrogen-bond acceptors (Lipinski definition) is 4. The fraction of sp³-hybridized carbons (Fsp3) is 0.263. The minimum Gasteiger partial charge on any atom is -0.454 e. The summed E-state index contributed by atoms with van der Waals surface area (Å²) in [5.41, 5.74) is 5.38. The second kappa shape index (κ2) is 7.17. The highest BCUT2D eigenvalue weighted by Gasteiger charge is 2.15. The molecule has 1 N–H and O–H groups in total. The maximum absolute atomic E-state index is 12.2. The molecule has 5 nitrogen and oxygen atoms in total. The van der Waals surface area contributed by atoms with Crippen LogP contribution in [0.25, 0.3) is 0 Å². The van der Waals surface area contributed by atoms with Crippen LogP contribution in [0, 0.1) is 5.92 Å². The predicted octanol–water partition coefficient (Wildman–Crippen LogP) is 3.13. The van der Waals surface area contributed by atoms with E-state index < -0.39 is 0 Å². The third kappa shape index (κ3) is 3.74. The van der Waals surface area contributed by atoms with Gasteiger partial charge in [-0.25, -0.2) is 5.43 Å². The van der Waals surface area contributed by atoms with Crippen LogP contribution in [-0.2, 0) is 11.2 Å². The van der Waals surface area contributed by atoms with Crippen molar-refractivity contribution in [2.45, 2.75) is 20.3 Å². The average molecular weight is 324 g/mol. The van der Waals surface area contributed by atoms with Crippen molar-refractivity contribution in [2.75, 3.05) is 6.79 Å². The van der Waals surface area contributed by atoms with Gasteiger partial charge in [0.2, 0.25) is 12.7 Å². The molecule has 2 aromatic rings. The highest BCUT2D eigenvalue weighted by molar-refractivity contribution is 6.02. The summed E-state index contributed by atoms with van der Waals surface area (Å²) in [4.78, 5) is 12.2. The molecular weight excluding hydrogens is 304 g/mol. The minimum atomic E-state index is -0.164. The van der Waals surface area contributed by atoms with Crippen molar-refractivity contribution in [1.82, 2.24) is 5.43 Å². The first-order chi connectivity index (χ1) is 11.6. The van der Waals surface area contributed by atoms with Gasteiger partial charge in [-0.1, -0.05) is 50.2 Å². The lowest BCUT2D eigenvalue weighted by molar-refractivity contribution is -0.120. The molecule has 0 radical (unpaired) electrons. The smallest absolute Gasteiger partial charge is 0.244 e. The predicted molar refractivity (Wildman–Crippen MR) is 92.2 cm³/mol. The lowest BCUT2D eigenvalue weighted by Gasteiger charge is -2.10. The molecule has 1 aliphatic heterocycles. The van der Waals surface area contributed by atoms with Crippen LogP contribution in [-0.4, -0.2) is 18.4 Å². The zero-order valence-corrected chi connectivity index (χ0v) is 13.8. The van der Waals surface area contributed by atoms with E-state index in [0.717, 1.165) is 16.8 Å². The molecule has 0 spiro atoms. The van der Waals surface area contributed by atoms with Gasteiger partial charge in [0.15, 0.2) is 11.5 Å². The number of nitrogens with one attached hydrogen (secondary N) is 1. The maximum atomic E-state index is 12.2. The zero-order chi connectivity index (χ0) is 16.9. The molecule has 0 unspecified atom stereocenters. The van der Waals surface area contributed by atoms with Crippen molar-refractivity contribution in [3.8, 4) is 11.5 Å². The van der Waals surface area contributed by atoms with Gasteiger partial charge in [0, 0.05) is 0 Å². The molecule has 1 aliphatic rings. The van der Waals surface area contributed by atoms with E-state index in [-0.39, 0.29) is 25.0 Å². The fourth-order valence-corrected chi connectivity index (χ4v) is 2.53. The summed E-state index contributed by atoms with van der Waals surface area (Å²) in [5.74, 6) is 1.43. The quantitative estimate of drug-likeness (QED) is 0.679. The Morgan fingerprint density at radius 1 is 1.12 bits per heavy atom. The molecule has 24 heavy (non-hydrogen) atoms. The van der Waals surface area contributed by atoms with Gasteiger partial charge in [-0.15, -0.1) is 0 Å². The van der Waals surface area contributed by atoms with E-state index in [1.165, 1.54) is 0 Å². The van der Waals surface area contributed by atoms with E-state index >= 15 is 0 Å². The van der Waals surface area contributed by atoms with E-state index in [1.807, 2.05) is 48.5 Å². The van der Waals surface area contributed by atoms with Crippen molar-refractivity contribution in [1.29, 1.82) is 0 Å². The van der Waals surface area contributed by atoms with Gasteiger partial charge in [0.1, 0.15) is 0 Å². The van der Waals surface area contributed by atoms with Gasteiger partial charge in [-0.3, -0.25) is 4.79 Å². The summed E-state index contributed by atoms with van der Waals surface area (Å²) in [6.45, 7) is 4.33. The van der Waals surface area contributed by atoms with Crippen LogP contribution in [0.4, 0.5) is 0 Å². The molecule has 2 aromatic carbocycles. The number of carbonyl (C=O) groups excluding carboxylic acids is 1. The SMILES string of the molecule is CC(C)/C(=N/NC(=O)Cc1ccc2c(c1)OCO2)c1ccccc1. The number of fused-ring (bicyclic) bond motifs is 1. The molecule has 0 atom stereocenters. The largest absolute Gasteiger partial charge is 0.454 e. The van der Waals surface area contributed by atoms with Crippen LogP contribution in [0.2, 0.25) is 0 Å². The summed E-state index contributed by atoms with van der Waals surface area (Å²) >= 11 is 0. The van der Waals surface area contributed by atoms with Crippen LogP contribution >= 0.6 is 0 Å². The highest BCUT2D eigenvalue weighted by Crippen LogP contribution is 2.32. The maximum Gasteiger partial charge on any atom is 0.244 e. The van der Waals surface area contributed by atoms with Crippen molar-refractivity contribution in [3.63, 3.8) is 0 Å². The lowest BCUT2D eigenvalue weighted by atomic mass is 10.0. The first-order valence-corrected chi connectivity index (χ1v) is 7.94. The van der Waals surface area contributed by atoms with Crippen LogP contribution in [0.3, 0.4) is 0 Å². The third-order valence-corrected chi connectivity index (χ3v) is 3.72. The van der Waals surface area contributed by atoms with Crippen LogP contribution in [0.1, 0.15) is 25.0 Å². The summed E-state index contributed by atoms with van der Waals surface area (Å²) in [6.07, 6.45) is 0.236.